The first-order valence-corrected chi connectivity index (χ1v) is 15.2. The minimum Gasteiger partial charge on any atom is -0.402 e. The lowest BCUT2D eigenvalue weighted by Gasteiger charge is -1.98. The Balaban J connectivity index is -0.000000249. The molecular weight excluding hydrogens is 746 g/mol. The molecule has 282 valence electrons. The van der Waals surface area contributed by atoms with Crippen LogP contribution in [-0.2, 0) is 13.7 Å². The third-order valence-corrected chi connectivity index (χ3v) is 2.40. The van der Waals surface area contributed by atoms with Gasteiger partial charge in [-0.2, -0.15) is 44.9 Å². The summed E-state index contributed by atoms with van der Waals surface area (Å²) in [5.74, 6) is 15.6. The minimum absolute atomic E-state index is 0.0421. The normalized spacial score (nSPS) is 9.86. The molecule has 0 unspecified atom stereocenters. The van der Waals surface area contributed by atoms with Crippen LogP contribution in [0.15, 0.2) is 0 Å². The summed E-state index contributed by atoms with van der Waals surface area (Å²) in [5.41, 5.74) is 37.7. The second-order valence-electron chi connectivity index (χ2n) is 6.45. The number of anilines is 9. The highest BCUT2D eigenvalue weighted by molar-refractivity contribution is 7.45. The van der Waals surface area contributed by atoms with Gasteiger partial charge in [-0.1, -0.05) is 0 Å². The molecule has 0 aromatic carbocycles. The maximum atomic E-state index is 8.88. The number of aromatic nitrogens is 9. The summed E-state index contributed by atoms with van der Waals surface area (Å²) in [7, 11) is -16.1. The van der Waals surface area contributed by atoms with Gasteiger partial charge < -0.3 is 93.5 Å². The van der Waals surface area contributed by atoms with Crippen LogP contribution in [0, 0.1) is 0 Å². The molecule has 3 heterocycles. The van der Waals surface area contributed by atoms with Crippen LogP contribution in [0.4, 0.5) is 53.5 Å². The van der Waals surface area contributed by atoms with Crippen molar-refractivity contribution in [3.63, 3.8) is 0 Å². The molecule has 40 heteroatoms. The molecule has 0 fully saturated rings. The van der Waals surface area contributed by atoms with Gasteiger partial charge in [-0.05, 0) is 0 Å². The molecule has 0 spiro atoms. The van der Waals surface area contributed by atoms with Crippen LogP contribution in [0.25, 0.3) is 0 Å². The van der Waals surface area contributed by atoms with E-state index in [1.54, 1.807) is 0 Å². The number of hydrogen-bond acceptors (Lipinski definition) is 27. The van der Waals surface area contributed by atoms with Crippen LogP contribution in [-0.4, -0.2) is 111 Å². The van der Waals surface area contributed by atoms with Crippen LogP contribution >= 0.6 is 23.5 Å². The van der Waals surface area contributed by atoms with Crippen molar-refractivity contribution < 1.29 is 72.8 Å². The number of rotatable bonds is 3. The highest BCUT2D eigenvalue weighted by Gasteiger charge is 2.02. The molecule has 0 aliphatic rings. The summed E-state index contributed by atoms with van der Waals surface area (Å²) in [6.45, 7) is 0. The predicted octanol–water partition coefficient (Wildman–Crippen LogP) is -9.87. The molecule has 0 amide bonds. The van der Waals surface area contributed by atoms with Crippen molar-refractivity contribution >= 4 is 84.3 Å². The van der Waals surface area contributed by atoms with Gasteiger partial charge in [0.05, 0.1) is 0 Å². The fourth-order valence-corrected chi connectivity index (χ4v) is 1.42. The van der Waals surface area contributed by atoms with Crippen LogP contribution in [0.3, 0.4) is 0 Å². The third-order valence-electron chi connectivity index (χ3n) is 2.40. The number of hydrazine groups is 3. The molecule has 3 aromatic rings. The molecule has 0 atom stereocenters. The standard InChI is InChI=1S/3C3H7N7.BH3O3.3H3O4P/c3*4-1-7-2(5)9-3(8-1)10-6;2-1(3)4;3*1-5(2,3)4/h3*6H2,(H5,4,5,7,8,9,10);2-4H;3*(H3,1,2,3,4). The Kier molecular flexibility index (Phi) is 26.6. The zero-order chi connectivity index (χ0) is 39.8. The Bertz CT molecular complexity index is 1240. The molecule has 0 bridgehead atoms. The summed E-state index contributed by atoms with van der Waals surface area (Å²) in [4.78, 5) is 96.8. The number of nitrogen functional groups attached to an aromatic ring is 9. The van der Waals surface area contributed by atoms with E-state index in [9.17, 15) is 0 Å². The van der Waals surface area contributed by atoms with Gasteiger partial charge in [0.15, 0.2) is 0 Å². The molecule has 0 aliphatic carbocycles. The monoisotopic (exact) mass is 779 g/mol. The van der Waals surface area contributed by atoms with Crippen molar-refractivity contribution in [2.45, 2.75) is 0 Å². The minimum atomic E-state index is -4.64. The summed E-state index contributed by atoms with van der Waals surface area (Å²) in [6.07, 6.45) is 0. The maximum Gasteiger partial charge on any atom is 0.631 e. The fourth-order valence-electron chi connectivity index (χ4n) is 1.42. The fraction of sp³-hybridized carbons (Fsp3) is 0. The van der Waals surface area contributed by atoms with Crippen LogP contribution < -0.4 is 68.2 Å². The molecule has 0 saturated heterocycles. The molecule has 49 heavy (non-hydrogen) atoms. The molecule has 3 aromatic heterocycles. The first-order chi connectivity index (χ1) is 21.9. The second kappa shape index (κ2) is 25.4. The summed E-state index contributed by atoms with van der Waals surface area (Å²) < 4.78 is 26.6. The highest BCUT2D eigenvalue weighted by Crippen LogP contribution is 2.26. The molecule has 0 aliphatic heterocycles. The Morgan fingerprint density at radius 3 is 0.571 bits per heavy atom. The van der Waals surface area contributed by atoms with E-state index < -0.39 is 30.8 Å². The molecule has 36 nitrogen and oxygen atoms in total. The SMILES string of the molecule is NNc1nc(N)nc(N)n1.NNc1nc(N)nc(N)n1.NNc1nc(N)nc(N)n1.O=P(O)(O)O.O=P(O)(O)O.O=P(O)(O)O.OB(O)O. The van der Waals surface area contributed by atoms with Gasteiger partial charge in [-0.15, -0.1) is 0 Å². The third kappa shape index (κ3) is 53.2. The zero-order valence-electron chi connectivity index (χ0n) is 23.7. The molecule has 3 rings (SSSR count). The van der Waals surface area contributed by atoms with Crippen molar-refractivity contribution in [3.05, 3.63) is 0 Å². The lowest BCUT2D eigenvalue weighted by Crippen LogP contribution is -2.13. The lowest BCUT2D eigenvalue weighted by atomic mass is 10.3. The van der Waals surface area contributed by atoms with Gasteiger partial charge in [0.25, 0.3) is 0 Å². The quantitative estimate of drug-likeness (QED) is 0.0508. The molecule has 0 saturated carbocycles. The number of hydrogen-bond donors (Lipinski definition) is 24. The van der Waals surface area contributed by atoms with Crippen molar-refractivity contribution in [2.75, 3.05) is 50.7 Å². The topological polar surface area (TPSA) is 680 Å². The van der Waals surface area contributed by atoms with Crippen LogP contribution in [0.5, 0.6) is 0 Å². The summed E-state index contributed by atoms with van der Waals surface area (Å²) in [6, 6.07) is 0. The van der Waals surface area contributed by atoms with Crippen molar-refractivity contribution in [2.24, 2.45) is 17.5 Å². The van der Waals surface area contributed by atoms with Gasteiger partial charge >= 0.3 is 30.8 Å². The number of phosphoric acid groups is 3. The largest absolute Gasteiger partial charge is 0.631 e. The van der Waals surface area contributed by atoms with E-state index in [1.165, 1.54) is 0 Å². The molecule has 0 radical (unpaired) electrons. The van der Waals surface area contributed by atoms with Gasteiger partial charge in [0, 0.05) is 0 Å². The van der Waals surface area contributed by atoms with E-state index in [0.717, 1.165) is 0 Å². The Labute approximate surface area is 270 Å². The van der Waals surface area contributed by atoms with Crippen LogP contribution in [0.2, 0.25) is 0 Å². The average molecular weight is 779 g/mol. The van der Waals surface area contributed by atoms with E-state index in [-0.39, 0.29) is 53.5 Å². The number of nitrogens with zero attached hydrogens (tertiary/aromatic N) is 9. The number of nitrogens with two attached hydrogens (primary N) is 9. The highest BCUT2D eigenvalue weighted by atomic mass is 31.2. The zero-order valence-corrected chi connectivity index (χ0v) is 26.4. The van der Waals surface area contributed by atoms with E-state index in [2.05, 4.69) is 61.1 Å². The molecule has 33 N–H and O–H groups in total. The van der Waals surface area contributed by atoms with E-state index in [1.807, 2.05) is 0 Å². The lowest BCUT2D eigenvalue weighted by molar-refractivity contribution is 0.272. The van der Waals surface area contributed by atoms with Crippen molar-refractivity contribution in [3.8, 4) is 0 Å². The van der Waals surface area contributed by atoms with Crippen LogP contribution in [0.1, 0.15) is 0 Å². The first kappa shape index (κ1) is 51.2. The maximum absolute atomic E-state index is 8.88. The second-order valence-corrected chi connectivity index (χ2v) is 9.53. The smallest absolute Gasteiger partial charge is 0.402 e. The molecular formula is C9H33BN21O15P3. The average Bonchev–Trinajstić information content (AvgIpc) is 2.84. The Morgan fingerprint density at radius 1 is 0.388 bits per heavy atom. The summed E-state index contributed by atoms with van der Waals surface area (Å²) in [5, 5.41) is 21.5. The van der Waals surface area contributed by atoms with Gasteiger partial charge in [-0.3, -0.25) is 16.3 Å². The van der Waals surface area contributed by atoms with Crippen molar-refractivity contribution in [1.82, 2.24) is 44.9 Å². The van der Waals surface area contributed by atoms with E-state index in [4.69, 9.17) is 125 Å². The van der Waals surface area contributed by atoms with Gasteiger partial charge in [0.2, 0.25) is 53.5 Å². The van der Waals surface area contributed by atoms with Gasteiger partial charge in [-0.25, -0.2) is 31.2 Å². The van der Waals surface area contributed by atoms with Crippen molar-refractivity contribution in [1.29, 1.82) is 0 Å². The van der Waals surface area contributed by atoms with E-state index >= 15 is 0 Å². The van der Waals surface area contributed by atoms with Gasteiger partial charge in [0.1, 0.15) is 0 Å². The number of nitrogens with one attached hydrogen (secondary N) is 3. The Hall–Kier alpha value is -4.62. The first-order valence-electron chi connectivity index (χ1n) is 10.5. The predicted molar refractivity (Wildman–Crippen MR) is 165 cm³/mol. The Morgan fingerprint density at radius 2 is 0.490 bits per heavy atom. The van der Waals surface area contributed by atoms with E-state index in [0.29, 0.717) is 0 Å². The summed E-state index contributed by atoms with van der Waals surface area (Å²) >= 11 is 0.